The van der Waals surface area contributed by atoms with E-state index in [1.54, 1.807) is 18.4 Å². The van der Waals surface area contributed by atoms with Crippen LogP contribution in [0.3, 0.4) is 0 Å². The number of rotatable bonds is 7. The first-order valence-electron chi connectivity index (χ1n) is 6.71. The van der Waals surface area contributed by atoms with E-state index in [2.05, 4.69) is 42.7 Å². The molecule has 19 heavy (non-hydrogen) atoms. The van der Waals surface area contributed by atoms with Gasteiger partial charge in [-0.25, -0.2) is 0 Å². The highest BCUT2D eigenvalue weighted by Gasteiger charge is 2.13. The number of ether oxygens (including phenoxy) is 1. The van der Waals surface area contributed by atoms with Crippen LogP contribution in [0.1, 0.15) is 30.0 Å². The van der Waals surface area contributed by atoms with E-state index in [-0.39, 0.29) is 0 Å². The zero-order valence-electron chi connectivity index (χ0n) is 12.1. The van der Waals surface area contributed by atoms with Crippen molar-refractivity contribution in [3.8, 4) is 11.8 Å². The third kappa shape index (κ3) is 5.75. The van der Waals surface area contributed by atoms with Crippen LogP contribution >= 0.6 is 11.3 Å². The highest BCUT2D eigenvalue weighted by atomic mass is 32.1. The molecule has 0 saturated heterocycles. The van der Waals surface area contributed by atoms with Gasteiger partial charge in [-0.2, -0.15) is 0 Å². The van der Waals surface area contributed by atoms with Gasteiger partial charge in [0.25, 0.3) is 0 Å². The molecule has 4 heteroatoms. The monoisotopic (exact) mass is 280 g/mol. The molecule has 1 aromatic heterocycles. The summed E-state index contributed by atoms with van der Waals surface area (Å²) in [4.78, 5) is 4.89. The van der Waals surface area contributed by atoms with Crippen molar-refractivity contribution in [3.05, 3.63) is 21.9 Å². The lowest BCUT2D eigenvalue weighted by Gasteiger charge is -2.27. The molecule has 1 heterocycles. The predicted octanol–water partition coefficient (Wildman–Crippen LogP) is 2.31. The van der Waals surface area contributed by atoms with Crippen LogP contribution in [0, 0.1) is 11.8 Å². The molecule has 0 fully saturated rings. The highest BCUT2D eigenvalue weighted by Crippen LogP contribution is 2.19. The SMILES string of the molecule is CCC(C)N(CCOC)Cc1ccc(C#CCN)s1. The van der Waals surface area contributed by atoms with Crippen LogP contribution in [-0.2, 0) is 11.3 Å². The van der Waals surface area contributed by atoms with Crippen LogP contribution < -0.4 is 5.73 Å². The average Bonchev–Trinajstić information content (AvgIpc) is 2.87. The van der Waals surface area contributed by atoms with E-state index in [0.29, 0.717) is 12.6 Å². The average molecular weight is 280 g/mol. The Balaban J connectivity index is 2.64. The van der Waals surface area contributed by atoms with Gasteiger partial charge in [0.15, 0.2) is 0 Å². The Morgan fingerprint density at radius 3 is 2.89 bits per heavy atom. The van der Waals surface area contributed by atoms with Crippen molar-refractivity contribution < 1.29 is 4.74 Å². The molecule has 1 atom stereocenters. The number of hydrogen-bond acceptors (Lipinski definition) is 4. The number of nitrogens with zero attached hydrogens (tertiary/aromatic N) is 1. The van der Waals surface area contributed by atoms with Crippen molar-refractivity contribution in [2.45, 2.75) is 32.9 Å². The minimum atomic E-state index is 0.417. The van der Waals surface area contributed by atoms with Gasteiger partial charge in [-0.05, 0) is 25.5 Å². The van der Waals surface area contributed by atoms with Crippen LogP contribution in [0.15, 0.2) is 12.1 Å². The quantitative estimate of drug-likeness (QED) is 0.779. The molecule has 0 radical (unpaired) electrons. The molecule has 0 amide bonds. The maximum absolute atomic E-state index is 5.39. The molecule has 1 unspecified atom stereocenters. The molecule has 1 rings (SSSR count). The fourth-order valence-corrected chi connectivity index (χ4v) is 2.70. The number of nitrogens with two attached hydrogens (primary N) is 1. The number of hydrogen-bond donors (Lipinski definition) is 1. The normalized spacial score (nSPS) is 12.3. The largest absolute Gasteiger partial charge is 0.383 e. The summed E-state index contributed by atoms with van der Waals surface area (Å²) in [5.74, 6) is 5.98. The van der Waals surface area contributed by atoms with Crippen LogP contribution in [0.2, 0.25) is 0 Å². The Morgan fingerprint density at radius 2 is 2.26 bits per heavy atom. The van der Waals surface area contributed by atoms with E-state index >= 15 is 0 Å². The molecule has 0 aromatic carbocycles. The summed E-state index contributed by atoms with van der Waals surface area (Å²) in [6, 6.07) is 4.80. The Labute approximate surface area is 120 Å². The smallest absolute Gasteiger partial charge is 0.0772 e. The van der Waals surface area contributed by atoms with Crippen molar-refractivity contribution in [1.82, 2.24) is 4.90 Å². The molecule has 0 saturated carbocycles. The Hall–Kier alpha value is -0.860. The van der Waals surface area contributed by atoms with Crippen molar-refractivity contribution in [3.63, 3.8) is 0 Å². The van der Waals surface area contributed by atoms with Gasteiger partial charge in [-0.15, -0.1) is 11.3 Å². The van der Waals surface area contributed by atoms with Crippen LogP contribution in [0.5, 0.6) is 0 Å². The first-order chi connectivity index (χ1) is 9.21. The van der Waals surface area contributed by atoms with Crippen molar-refractivity contribution in [1.29, 1.82) is 0 Å². The van der Waals surface area contributed by atoms with E-state index in [4.69, 9.17) is 10.5 Å². The highest BCUT2D eigenvalue weighted by molar-refractivity contribution is 7.12. The van der Waals surface area contributed by atoms with Gasteiger partial charge in [-0.1, -0.05) is 18.8 Å². The summed E-state index contributed by atoms with van der Waals surface area (Å²) >= 11 is 1.75. The van der Waals surface area contributed by atoms with Crippen LogP contribution in [-0.4, -0.2) is 37.7 Å². The summed E-state index contributed by atoms with van der Waals surface area (Å²) in [5.41, 5.74) is 5.39. The fourth-order valence-electron chi connectivity index (χ4n) is 1.79. The molecule has 106 valence electrons. The number of methoxy groups -OCH3 is 1. The van der Waals surface area contributed by atoms with E-state index < -0.39 is 0 Å². The zero-order valence-corrected chi connectivity index (χ0v) is 12.9. The van der Waals surface area contributed by atoms with E-state index in [9.17, 15) is 0 Å². The molecular formula is C15H24N2OS. The number of thiophene rings is 1. The van der Waals surface area contributed by atoms with Crippen LogP contribution in [0.25, 0.3) is 0 Å². The summed E-state index contributed by atoms with van der Waals surface area (Å²) < 4.78 is 5.19. The Bertz CT molecular complexity index is 419. The standard InChI is InChI=1S/C15H24N2OS/c1-4-13(2)17(10-11-18-3)12-15-8-7-14(19-15)6-5-9-16/h7-8,13H,4,9-12,16H2,1-3H3. The van der Waals surface area contributed by atoms with Gasteiger partial charge < -0.3 is 10.5 Å². The third-order valence-corrected chi connectivity index (χ3v) is 4.12. The van der Waals surface area contributed by atoms with Gasteiger partial charge in [0.1, 0.15) is 0 Å². The van der Waals surface area contributed by atoms with Crippen molar-refractivity contribution in [2.24, 2.45) is 5.73 Å². The Morgan fingerprint density at radius 1 is 1.47 bits per heavy atom. The third-order valence-electron chi connectivity index (χ3n) is 3.13. The molecule has 0 bridgehead atoms. The predicted molar refractivity (Wildman–Crippen MR) is 82.3 cm³/mol. The zero-order chi connectivity index (χ0) is 14.1. The first kappa shape index (κ1) is 16.2. The van der Waals surface area contributed by atoms with Gasteiger partial charge >= 0.3 is 0 Å². The Kier molecular flexibility index (Phi) is 7.76. The van der Waals surface area contributed by atoms with E-state index in [1.165, 1.54) is 4.88 Å². The molecule has 0 aliphatic carbocycles. The van der Waals surface area contributed by atoms with Crippen molar-refractivity contribution in [2.75, 3.05) is 26.8 Å². The molecule has 1 aromatic rings. The lowest BCUT2D eigenvalue weighted by Crippen LogP contribution is -2.34. The maximum atomic E-state index is 5.39. The second-order valence-electron chi connectivity index (χ2n) is 4.49. The van der Waals surface area contributed by atoms with E-state index in [1.807, 2.05) is 0 Å². The minimum Gasteiger partial charge on any atom is -0.383 e. The van der Waals surface area contributed by atoms with Gasteiger partial charge in [0, 0.05) is 31.1 Å². The van der Waals surface area contributed by atoms with Gasteiger partial charge in [0.2, 0.25) is 0 Å². The fraction of sp³-hybridized carbons (Fsp3) is 0.600. The molecule has 0 spiro atoms. The maximum Gasteiger partial charge on any atom is 0.0772 e. The summed E-state index contributed by atoms with van der Waals surface area (Å²) in [6.45, 7) is 7.60. The molecule has 3 nitrogen and oxygen atoms in total. The summed E-state index contributed by atoms with van der Waals surface area (Å²) in [7, 11) is 1.75. The molecule has 0 aliphatic heterocycles. The van der Waals surface area contributed by atoms with Crippen molar-refractivity contribution >= 4 is 11.3 Å². The minimum absolute atomic E-state index is 0.417. The van der Waals surface area contributed by atoms with Gasteiger partial charge in [-0.3, -0.25) is 4.90 Å². The first-order valence-corrected chi connectivity index (χ1v) is 7.53. The second kappa shape index (κ2) is 9.11. The topological polar surface area (TPSA) is 38.5 Å². The lowest BCUT2D eigenvalue weighted by atomic mass is 10.2. The second-order valence-corrected chi connectivity index (χ2v) is 5.66. The summed E-state index contributed by atoms with van der Waals surface area (Å²) in [5, 5.41) is 0. The lowest BCUT2D eigenvalue weighted by molar-refractivity contribution is 0.119. The van der Waals surface area contributed by atoms with E-state index in [0.717, 1.165) is 31.0 Å². The van der Waals surface area contributed by atoms with Crippen LogP contribution in [0.4, 0.5) is 0 Å². The van der Waals surface area contributed by atoms with Gasteiger partial charge in [0.05, 0.1) is 18.0 Å². The molecular weight excluding hydrogens is 256 g/mol. The molecule has 2 N–H and O–H groups in total. The summed E-state index contributed by atoms with van der Waals surface area (Å²) in [6.07, 6.45) is 1.15. The molecule has 0 aliphatic rings.